The third kappa shape index (κ3) is 3.43. The molecular weight excluding hydrogens is 358 g/mol. The molecule has 1 fully saturated rings. The molecule has 3 aromatic rings. The summed E-state index contributed by atoms with van der Waals surface area (Å²) in [6.07, 6.45) is 0.902. The van der Waals surface area contributed by atoms with Gasteiger partial charge < -0.3 is 5.32 Å². The molecule has 0 saturated carbocycles. The monoisotopic (exact) mass is 379 g/mol. The molecule has 27 heavy (non-hydrogen) atoms. The number of benzene rings is 2. The van der Waals surface area contributed by atoms with E-state index in [0.29, 0.717) is 5.56 Å². The van der Waals surface area contributed by atoms with E-state index >= 15 is 0 Å². The molecular formula is C22H22ClN3O. The first-order valence-corrected chi connectivity index (χ1v) is 9.54. The van der Waals surface area contributed by atoms with Crippen molar-refractivity contribution in [2.45, 2.75) is 25.4 Å². The molecule has 0 aliphatic carbocycles. The van der Waals surface area contributed by atoms with Gasteiger partial charge in [0.2, 0.25) is 0 Å². The van der Waals surface area contributed by atoms with Crippen LogP contribution in [-0.4, -0.2) is 35.4 Å². The molecule has 138 valence electrons. The zero-order valence-electron chi connectivity index (χ0n) is 15.4. The minimum absolute atomic E-state index is 0.0363. The van der Waals surface area contributed by atoms with E-state index in [9.17, 15) is 4.79 Å². The van der Waals surface area contributed by atoms with Crippen LogP contribution in [0.4, 0.5) is 0 Å². The Hall–Kier alpha value is -2.43. The number of aromatic nitrogens is 1. The molecule has 1 N–H and O–H groups in total. The quantitative estimate of drug-likeness (QED) is 0.687. The molecule has 1 saturated heterocycles. The van der Waals surface area contributed by atoms with Crippen molar-refractivity contribution in [3.63, 3.8) is 0 Å². The van der Waals surface area contributed by atoms with E-state index in [0.717, 1.165) is 29.4 Å². The average molecular weight is 380 g/mol. The largest absolute Gasteiger partial charge is 0.347 e. The van der Waals surface area contributed by atoms with Gasteiger partial charge in [-0.3, -0.25) is 9.69 Å². The second kappa shape index (κ2) is 7.29. The summed E-state index contributed by atoms with van der Waals surface area (Å²) in [5, 5.41) is 4.36. The number of pyridine rings is 1. The number of carbonyl (C=O) groups is 1. The second-order valence-electron chi connectivity index (χ2n) is 7.18. The first-order valence-electron chi connectivity index (χ1n) is 9.16. The van der Waals surface area contributed by atoms with Crippen LogP contribution in [0.15, 0.2) is 54.6 Å². The number of para-hydroxylation sites is 1. The summed E-state index contributed by atoms with van der Waals surface area (Å²) in [6, 6.07) is 18.2. The number of aryl methyl sites for hydroxylation is 1. The highest BCUT2D eigenvalue weighted by molar-refractivity contribution is 6.33. The Bertz CT molecular complexity index is 990. The number of nitrogens with zero attached hydrogens (tertiary/aromatic N) is 2. The van der Waals surface area contributed by atoms with Crippen LogP contribution in [0.5, 0.6) is 0 Å². The SMILES string of the molecule is Cc1cccc2cc(C(=O)N[C@H]3CCN(C)[C@H]3c3ccccc3)c(Cl)nc12. The molecule has 1 aliphatic heterocycles. The number of rotatable bonds is 3. The van der Waals surface area contributed by atoms with E-state index < -0.39 is 0 Å². The van der Waals surface area contributed by atoms with E-state index in [2.05, 4.69) is 34.4 Å². The first-order chi connectivity index (χ1) is 13.0. The third-order valence-corrected chi connectivity index (χ3v) is 5.64. The lowest BCUT2D eigenvalue weighted by Gasteiger charge is -2.26. The maximum Gasteiger partial charge on any atom is 0.254 e. The number of nitrogens with one attached hydrogen (secondary N) is 1. The van der Waals surface area contributed by atoms with Crippen LogP contribution in [0.2, 0.25) is 5.15 Å². The van der Waals surface area contributed by atoms with E-state index in [1.807, 2.05) is 49.4 Å². The molecule has 4 nitrogen and oxygen atoms in total. The Balaban J connectivity index is 1.62. The number of carbonyl (C=O) groups excluding carboxylic acids is 1. The second-order valence-corrected chi connectivity index (χ2v) is 7.54. The van der Waals surface area contributed by atoms with Crippen LogP contribution in [0, 0.1) is 6.92 Å². The molecule has 0 bridgehead atoms. The van der Waals surface area contributed by atoms with Crippen molar-refractivity contribution in [2.75, 3.05) is 13.6 Å². The molecule has 4 rings (SSSR count). The van der Waals surface area contributed by atoms with Crippen LogP contribution in [0.25, 0.3) is 10.9 Å². The van der Waals surface area contributed by atoms with Gasteiger partial charge in [-0.25, -0.2) is 4.98 Å². The van der Waals surface area contributed by atoms with Crippen molar-refractivity contribution in [3.8, 4) is 0 Å². The fourth-order valence-corrected chi connectivity index (χ4v) is 4.19. The van der Waals surface area contributed by atoms with Crippen molar-refractivity contribution < 1.29 is 4.79 Å². The van der Waals surface area contributed by atoms with Gasteiger partial charge in [0.1, 0.15) is 5.15 Å². The summed E-state index contributed by atoms with van der Waals surface area (Å²) in [4.78, 5) is 19.7. The fourth-order valence-electron chi connectivity index (χ4n) is 3.96. The predicted molar refractivity (Wildman–Crippen MR) is 109 cm³/mol. The Labute approximate surface area is 164 Å². The van der Waals surface area contributed by atoms with Gasteiger partial charge in [0.05, 0.1) is 23.2 Å². The molecule has 1 aliphatic rings. The van der Waals surface area contributed by atoms with Gasteiger partial charge in [-0.1, -0.05) is 60.1 Å². The van der Waals surface area contributed by atoms with Gasteiger partial charge >= 0.3 is 0 Å². The lowest BCUT2D eigenvalue weighted by molar-refractivity contribution is 0.0927. The predicted octanol–water partition coefficient (Wildman–Crippen LogP) is 4.37. The highest BCUT2D eigenvalue weighted by atomic mass is 35.5. The van der Waals surface area contributed by atoms with Crippen LogP contribution in [-0.2, 0) is 0 Å². The zero-order valence-corrected chi connectivity index (χ0v) is 16.2. The Morgan fingerprint density at radius 3 is 2.74 bits per heavy atom. The van der Waals surface area contributed by atoms with Crippen molar-refractivity contribution in [3.05, 3.63) is 76.4 Å². The molecule has 5 heteroatoms. The smallest absolute Gasteiger partial charge is 0.254 e. The summed E-state index contributed by atoms with van der Waals surface area (Å²) in [6.45, 7) is 2.93. The number of amides is 1. The number of hydrogen-bond donors (Lipinski definition) is 1. The molecule has 1 amide bonds. The first kappa shape index (κ1) is 18.0. The van der Waals surface area contributed by atoms with Crippen LogP contribution in [0.1, 0.15) is 33.9 Å². The molecule has 0 unspecified atom stereocenters. The number of halogens is 1. The van der Waals surface area contributed by atoms with Crippen molar-refractivity contribution in [2.24, 2.45) is 0 Å². The molecule has 2 atom stereocenters. The molecule has 1 aromatic heterocycles. The molecule has 2 aromatic carbocycles. The highest BCUT2D eigenvalue weighted by Gasteiger charge is 2.34. The topological polar surface area (TPSA) is 45.2 Å². The van der Waals surface area contributed by atoms with Crippen LogP contribution >= 0.6 is 11.6 Å². The third-order valence-electron chi connectivity index (χ3n) is 5.35. The number of likely N-dealkylation sites (N-methyl/N-ethyl adjacent to an activating group) is 1. The summed E-state index contributed by atoms with van der Waals surface area (Å²) >= 11 is 6.36. The molecule has 0 radical (unpaired) electrons. The van der Waals surface area contributed by atoms with E-state index in [4.69, 9.17) is 11.6 Å². The van der Waals surface area contributed by atoms with E-state index in [-0.39, 0.29) is 23.1 Å². The maximum absolute atomic E-state index is 13.0. The molecule has 2 heterocycles. The summed E-state index contributed by atoms with van der Waals surface area (Å²) in [5.41, 5.74) is 3.52. The fraction of sp³-hybridized carbons (Fsp3) is 0.273. The number of hydrogen-bond acceptors (Lipinski definition) is 3. The average Bonchev–Trinajstić information content (AvgIpc) is 3.03. The summed E-state index contributed by atoms with van der Waals surface area (Å²) in [7, 11) is 2.09. The Morgan fingerprint density at radius 2 is 1.96 bits per heavy atom. The van der Waals surface area contributed by atoms with E-state index in [1.54, 1.807) is 0 Å². The summed E-state index contributed by atoms with van der Waals surface area (Å²) < 4.78 is 0. The zero-order chi connectivity index (χ0) is 19.0. The van der Waals surface area contributed by atoms with Crippen LogP contribution in [0.3, 0.4) is 0 Å². The van der Waals surface area contributed by atoms with Crippen molar-refractivity contribution >= 4 is 28.4 Å². The van der Waals surface area contributed by atoms with Gasteiger partial charge in [-0.2, -0.15) is 0 Å². The lowest BCUT2D eigenvalue weighted by Crippen LogP contribution is -2.39. The van der Waals surface area contributed by atoms with Gasteiger partial charge in [-0.15, -0.1) is 0 Å². The van der Waals surface area contributed by atoms with Crippen molar-refractivity contribution in [1.29, 1.82) is 0 Å². The minimum Gasteiger partial charge on any atom is -0.347 e. The standard InChI is InChI=1S/C22H22ClN3O/c1-14-7-6-10-16-13-17(21(23)25-19(14)16)22(27)24-18-11-12-26(2)20(18)15-8-4-3-5-9-15/h3-10,13,18,20H,11-12H2,1-2H3,(H,24,27)/t18-,20-/m0/s1. The highest BCUT2D eigenvalue weighted by Crippen LogP contribution is 2.31. The van der Waals surface area contributed by atoms with Gasteiger partial charge in [0.25, 0.3) is 5.91 Å². The van der Waals surface area contributed by atoms with E-state index in [1.165, 1.54) is 5.56 Å². The number of likely N-dealkylation sites (tertiary alicyclic amines) is 1. The van der Waals surface area contributed by atoms with Gasteiger partial charge in [-0.05, 0) is 37.6 Å². The van der Waals surface area contributed by atoms with Crippen LogP contribution < -0.4 is 5.32 Å². The Morgan fingerprint density at radius 1 is 1.19 bits per heavy atom. The van der Waals surface area contributed by atoms with Gasteiger partial charge in [0.15, 0.2) is 0 Å². The Kier molecular flexibility index (Phi) is 4.85. The van der Waals surface area contributed by atoms with Gasteiger partial charge in [0, 0.05) is 11.9 Å². The lowest BCUT2D eigenvalue weighted by atomic mass is 10.00. The molecule has 0 spiro atoms. The number of fused-ring (bicyclic) bond motifs is 1. The maximum atomic E-state index is 13.0. The van der Waals surface area contributed by atoms with Crippen molar-refractivity contribution in [1.82, 2.24) is 15.2 Å². The summed E-state index contributed by atoms with van der Waals surface area (Å²) in [5.74, 6) is -0.169. The normalized spacial score (nSPS) is 20.1. The minimum atomic E-state index is -0.169.